The van der Waals surface area contributed by atoms with Gasteiger partial charge in [-0.05, 0) is 49.4 Å². The number of unbranched alkanes of at least 4 members (excludes halogenated alkanes) is 46. The molecule has 0 aromatic rings. The highest BCUT2D eigenvalue weighted by atomic mass is 31.2. The molecule has 0 fully saturated rings. The van der Waals surface area contributed by atoms with Crippen LogP contribution in [-0.4, -0.2) is 96.7 Å². The fraction of sp³-hybridized carbons (Fsp3) is 0.953. The third-order valence-electron chi connectivity index (χ3n) is 21.2. The van der Waals surface area contributed by atoms with Crippen LogP contribution in [0.5, 0.6) is 0 Å². The zero-order chi connectivity index (χ0) is 77.4. The van der Waals surface area contributed by atoms with Gasteiger partial charge >= 0.3 is 39.5 Å². The van der Waals surface area contributed by atoms with Crippen molar-refractivity contribution in [1.29, 1.82) is 0 Å². The Labute approximate surface area is 645 Å². The summed E-state index contributed by atoms with van der Waals surface area (Å²) in [6.07, 6.45) is 63.7. The van der Waals surface area contributed by atoms with Gasteiger partial charge in [-0.1, -0.05) is 396 Å². The Kier molecular flexibility index (Phi) is 73.4. The molecule has 17 nitrogen and oxygen atoms in total. The third-order valence-corrected chi connectivity index (χ3v) is 23.1. The average molecular weight is 1540 g/mol. The van der Waals surface area contributed by atoms with Crippen LogP contribution >= 0.6 is 15.6 Å². The largest absolute Gasteiger partial charge is 0.472 e. The summed E-state index contributed by atoms with van der Waals surface area (Å²) in [4.78, 5) is 73.2. The van der Waals surface area contributed by atoms with Gasteiger partial charge in [-0.25, -0.2) is 9.13 Å². The van der Waals surface area contributed by atoms with E-state index < -0.39 is 97.5 Å². The van der Waals surface area contributed by atoms with E-state index in [1.165, 1.54) is 244 Å². The summed E-state index contributed by atoms with van der Waals surface area (Å²) in [6.45, 7) is 14.4. The number of carbonyl (C=O) groups is 4. The molecule has 8 atom stereocenters. The first-order chi connectivity index (χ1) is 50.7. The van der Waals surface area contributed by atoms with Crippen molar-refractivity contribution < 1.29 is 80.2 Å². The summed E-state index contributed by atoms with van der Waals surface area (Å²) in [6, 6.07) is 0. The van der Waals surface area contributed by atoms with E-state index in [0.29, 0.717) is 25.7 Å². The molecule has 0 aliphatic carbocycles. The van der Waals surface area contributed by atoms with Crippen LogP contribution in [0.4, 0.5) is 0 Å². The van der Waals surface area contributed by atoms with E-state index >= 15 is 0 Å². The number of aliphatic hydroxyl groups excluding tert-OH is 1. The number of rotatable bonds is 83. The zero-order valence-corrected chi connectivity index (χ0v) is 71.2. The maximum Gasteiger partial charge on any atom is 0.472 e. The molecule has 105 heavy (non-hydrogen) atoms. The number of hydrogen-bond acceptors (Lipinski definition) is 15. The Morgan fingerprint density at radius 3 is 0.676 bits per heavy atom. The molecule has 0 saturated carbocycles. The van der Waals surface area contributed by atoms with Crippen molar-refractivity contribution in [1.82, 2.24) is 0 Å². The van der Waals surface area contributed by atoms with E-state index in [1.807, 2.05) is 0 Å². The van der Waals surface area contributed by atoms with E-state index in [4.69, 9.17) is 37.0 Å². The molecule has 0 heterocycles. The van der Waals surface area contributed by atoms with Crippen molar-refractivity contribution in [2.24, 2.45) is 23.7 Å². The molecule has 0 rings (SSSR count). The average Bonchev–Trinajstić information content (AvgIpc) is 0.919. The minimum absolute atomic E-state index is 0.107. The topological polar surface area (TPSA) is 237 Å². The number of phosphoric acid groups is 2. The van der Waals surface area contributed by atoms with Crippen molar-refractivity contribution in [3.8, 4) is 0 Å². The highest BCUT2D eigenvalue weighted by Crippen LogP contribution is 2.45. The first kappa shape index (κ1) is 103. The standard InChI is InChI=1S/C86H168O17P2/c1-9-77(6)63-55-47-39-33-27-21-16-18-23-29-35-41-50-58-66-83(88)96-72-81(102-85(90)68-61-53-43-37-31-25-19-17-22-28-34-40-48-56-64-78(7)10-2)74-100-104(92,93)98-70-80(87)71-99-105(94,95)101-75-82(73-97-84(89)67-59-51-45-44-49-57-65-79(8)11-3)103-86(91)69-60-52-42-36-30-24-15-13-12-14-20-26-32-38-46-54-62-76(4)5/h76-82,87H,9-75H2,1-8H3,(H,92,93)(H,94,95)/t77?,78?,79?,80-,81-,82-/m1/s1. The molecule has 0 saturated heterocycles. The van der Waals surface area contributed by atoms with Crippen LogP contribution in [0.15, 0.2) is 0 Å². The van der Waals surface area contributed by atoms with Gasteiger partial charge in [0.2, 0.25) is 0 Å². The second kappa shape index (κ2) is 74.8. The van der Waals surface area contributed by atoms with Gasteiger partial charge < -0.3 is 33.8 Å². The minimum Gasteiger partial charge on any atom is -0.462 e. The second-order valence-electron chi connectivity index (χ2n) is 32.1. The van der Waals surface area contributed by atoms with Gasteiger partial charge in [0.05, 0.1) is 26.4 Å². The highest BCUT2D eigenvalue weighted by molar-refractivity contribution is 7.47. The van der Waals surface area contributed by atoms with E-state index in [2.05, 4.69) is 55.4 Å². The number of phosphoric ester groups is 2. The van der Waals surface area contributed by atoms with Gasteiger partial charge in [0.1, 0.15) is 19.3 Å². The molecule has 19 heteroatoms. The number of ether oxygens (including phenoxy) is 4. The van der Waals surface area contributed by atoms with Gasteiger partial charge in [0.25, 0.3) is 0 Å². The highest BCUT2D eigenvalue weighted by Gasteiger charge is 2.31. The van der Waals surface area contributed by atoms with Gasteiger partial charge in [-0.2, -0.15) is 0 Å². The lowest BCUT2D eigenvalue weighted by atomic mass is 9.99. The molecule has 0 bridgehead atoms. The second-order valence-corrected chi connectivity index (χ2v) is 35.0. The normalized spacial score (nSPS) is 14.7. The lowest BCUT2D eigenvalue weighted by Crippen LogP contribution is -2.30. The Bertz CT molecular complexity index is 2050. The maximum atomic E-state index is 13.1. The van der Waals surface area contributed by atoms with Crippen molar-refractivity contribution in [3.05, 3.63) is 0 Å². The summed E-state index contributed by atoms with van der Waals surface area (Å²) in [7, 11) is -9.93. The number of carbonyl (C=O) groups excluding carboxylic acids is 4. The Balaban J connectivity index is 5.24. The molecule has 3 N–H and O–H groups in total. The van der Waals surface area contributed by atoms with E-state index in [1.54, 1.807) is 0 Å². The molecule has 5 unspecified atom stereocenters. The predicted octanol–water partition coefficient (Wildman–Crippen LogP) is 25.9. The molecular weight excluding hydrogens is 1370 g/mol. The summed E-state index contributed by atoms with van der Waals surface area (Å²) in [5, 5.41) is 10.7. The van der Waals surface area contributed by atoms with Crippen LogP contribution in [0.3, 0.4) is 0 Å². The summed E-state index contributed by atoms with van der Waals surface area (Å²) >= 11 is 0. The zero-order valence-electron chi connectivity index (χ0n) is 69.4. The van der Waals surface area contributed by atoms with Crippen molar-refractivity contribution in [3.63, 3.8) is 0 Å². The van der Waals surface area contributed by atoms with Crippen molar-refractivity contribution >= 4 is 39.5 Å². The molecule has 0 aliphatic heterocycles. The fourth-order valence-corrected chi connectivity index (χ4v) is 14.8. The monoisotopic (exact) mass is 1540 g/mol. The molecule has 0 spiro atoms. The Hall–Kier alpha value is -1.94. The van der Waals surface area contributed by atoms with Crippen LogP contribution in [0.2, 0.25) is 0 Å². The lowest BCUT2D eigenvalue weighted by molar-refractivity contribution is -0.161. The molecule has 0 amide bonds. The first-order valence-corrected chi connectivity index (χ1v) is 47.3. The lowest BCUT2D eigenvalue weighted by Gasteiger charge is -2.21. The third kappa shape index (κ3) is 75.9. The van der Waals surface area contributed by atoms with E-state index in [9.17, 15) is 43.2 Å². The Morgan fingerprint density at radius 1 is 0.267 bits per heavy atom. The molecule has 0 aromatic heterocycles. The minimum atomic E-state index is -4.97. The molecular formula is C86H168O17P2. The summed E-state index contributed by atoms with van der Waals surface area (Å²) < 4.78 is 68.9. The number of hydrogen-bond donors (Lipinski definition) is 3. The number of aliphatic hydroxyl groups is 1. The van der Waals surface area contributed by atoms with Gasteiger partial charge in [-0.3, -0.25) is 37.3 Å². The molecule has 0 radical (unpaired) electrons. The van der Waals surface area contributed by atoms with Gasteiger partial charge in [-0.15, -0.1) is 0 Å². The maximum absolute atomic E-state index is 13.1. The van der Waals surface area contributed by atoms with Crippen LogP contribution in [0, 0.1) is 23.7 Å². The molecule has 0 aliphatic rings. The predicted molar refractivity (Wildman–Crippen MR) is 432 cm³/mol. The molecule has 624 valence electrons. The summed E-state index contributed by atoms with van der Waals surface area (Å²) in [5.74, 6) is 1.13. The van der Waals surface area contributed by atoms with Crippen LogP contribution in [0.25, 0.3) is 0 Å². The van der Waals surface area contributed by atoms with Crippen LogP contribution in [0.1, 0.15) is 447 Å². The van der Waals surface area contributed by atoms with Crippen molar-refractivity contribution in [2.75, 3.05) is 39.6 Å². The fourth-order valence-electron chi connectivity index (χ4n) is 13.2. The van der Waals surface area contributed by atoms with Gasteiger partial charge in [0, 0.05) is 25.7 Å². The Morgan fingerprint density at radius 2 is 0.457 bits per heavy atom. The van der Waals surface area contributed by atoms with E-state index in [0.717, 1.165) is 120 Å². The van der Waals surface area contributed by atoms with Crippen LogP contribution < -0.4 is 0 Å². The molecule has 0 aromatic carbocycles. The van der Waals surface area contributed by atoms with Crippen LogP contribution in [-0.2, 0) is 65.4 Å². The smallest absolute Gasteiger partial charge is 0.462 e. The SMILES string of the molecule is CCC(C)CCCCCCCCCCCCCCCCC(=O)OC[C@H](COP(=O)(O)OC[C@@H](O)COP(=O)(O)OC[C@@H](COC(=O)CCCCCCCCC(C)CC)OC(=O)CCCCCCCCCCCCCCCCCCC(C)C)OC(=O)CCCCCCCCCCCCCCCCC(C)CC. The van der Waals surface area contributed by atoms with E-state index in [-0.39, 0.29) is 25.7 Å². The van der Waals surface area contributed by atoms with Crippen molar-refractivity contribution in [2.45, 2.75) is 465 Å². The number of esters is 4. The van der Waals surface area contributed by atoms with Gasteiger partial charge in [0.15, 0.2) is 12.2 Å². The summed E-state index contributed by atoms with van der Waals surface area (Å²) in [5.41, 5.74) is 0. The first-order valence-electron chi connectivity index (χ1n) is 44.3. The quantitative estimate of drug-likeness (QED) is 0.0222.